The van der Waals surface area contributed by atoms with Crippen LogP contribution in [0.15, 0.2) is 47.0 Å². The highest BCUT2D eigenvalue weighted by Crippen LogP contribution is 2.25. The van der Waals surface area contributed by atoms with Crippen LogP contribution < -0.4 is 14.8 Å². The van der Waals surface area contributed by atoms with Gasteiger partial charge in [0.15, 0.2) is 0 Å². The van der Waals surface area contributed by atoms with Gasteiger partial charge in [0.1, 0.15) is 11.5 Å². The van der Waals surface area contributed by atoms with Gasteiger partial charge in [-0.2, -0.15) is 4.98 Å². The summed E-state index contributed by atoms with van der Waals surface area (Å²) in [6.07, 6.45) is 0.393. The van der Waals surface area contributed by atoms with Crippen LogP contribution in [0.5, 0.6) is 11.5 Å². The van der Waals surface area contributed by atoms with Crippen molar-refractivity contribution < 1.29 is 18.8 Å². The Bertz CT molecular complexity index is 920. The second-order valence-corrected chi connectivity index (χ2v) is 6.01. The SMILES string of the molecule is COc1cc(OC)cc(C(=O)NCCc2nc(-c3ccccc3Cl)no2)c1. The van der Waals surface area contributed by atoms with Crippen molar-refractivity contribution >= 4 is 17.5 Å². The lowest BCUT2D eigenvalue weighted by Crippen LogP contribution is -2.25. The molecule has 3 rings (SSSR count). The van der Waals surface area contributed by atoms with Gasteiger partial charge in [-0.1, -0.05) is 28.9 Å². The summed E-state index contributed by atoms with van der Waals surface area (Å²) in [4.78, 5) is 16.6. The largest absolute Gasteiger partial charge is 0.497 e. The Balaban J connectivity index is 1.60. The molecule has 0 spiro atoms. The molecule has 8 heteroatoms. The van der Waals surface area contributed by atoms with Gasteiger partial charge >= 0.3 is 0 Å². The molecule has 1 aromatic heterocycles. The number of methoxy groups -OCH3 is 2. The van der Waals surface area contributed by atoms with Gasteiger partial charge in [-0.05, 0) is 24.3 Å². The van der Waals surface area contributed by atoms with Crippen molar-refractivity contribution in [1.82, 2.24) is 15.5 Å². The number of nitrogens with zero attached hydrogens (tertiary/aromatic N) is 2. The van der Waals surface area contributed by atoms with Crippen LogP contribution in [-0.2, 0) is 6.42 Å². The summed E-state index contributed by atoms with van der Waals surface area (Å²) in [6.45, 7) is 0.336. The maximum absolute atomic E-state index is 12.3. The van der Waals surface area contributed by atoms with Gasteiger partial charge in [-0.25, -0.2) is 0 Å². The molecule has 0 atom stereocenters. The van der Waals surface area contributed by atoms with Crippen molar-refractivity contribution in [1.29, 1.82) is 0 Å². The van der Waals surface area contributed by atoms with E-state index in [1.807, 2.05) is 18.2 Å². The number of hydrogen-bond acceptors (Lipinski definition) is 6. The molecule has 1 heterocycles. The lowest BCUT2D eigenvalue weighted by atomic mass is 10.2. The quantitative estimate of drug-likeness (QED) is 0.668. The van der Waals surface area contributed by atoms with Crippen molar-refractivity contribution in [3.63, 3.8) is 0 Å². The van der Waals surface area contributed by atoms with Gasteiger partial charge in [-0.3, -0.25) is 4.79 Å². The highest BCUT2D eigenvalue weighted by atomic mass is 35.5. The van der Waals surface area contributed by atoms with E-state index in [0.29, 0.717) is 52.3 Å². The first kappa shape index (κ1) is 18.7. The molecule has 2 aromatic carbocycles. The lowest BCUT2D eigenvalue weighted by Gasteiger charge is -2.08. The Morgan fingerprint density at radius 1 is 1.15 bits per heavy atom. The van der Waals surface area contributed by atoms with Gasteiger partial charge < -0.3 is 19.3 Å². The molecule has 27 heavy (non-hydrogen) atoms. The molecule has 0 saturated carbocycles. The van der Waals surface area contributed by atoms with Crippen LogP contribution in [0.3, 0.4) is 0 Å². The van der Waals surface area contributed by atoms with E-state index >= 15 is 0 Å². The molecule has 0 saturated heterocycles. The average Bonchev–Trinajstić information content (AvgIpc) is 3.16. The summed E-state index contributed by atoms with van der Waals surface area (Å²) in [5.74, 6) is 1.66. The zero-order valence-corrected chi connectivity index (χ0v) is 15.6. The minimum Gasteiger partial charge on any atom is -0.497 e. The summed E-state index contributed by atoms with van der Waals surface area (Å²) in [5, 5.41) is 7.29. The number of aromatic nitrogens is 2. The number of ether oxygens (including phenoxy) is 2. The summed E-state index contributed by atoms with van der Waals surface area (Å²) in [7, 11) is 3.06. The molecule has 0 aliphatic carbocycles. The lowest BCUT2D eigenvalue weighted by molar-refractivity contribution is 0.0952. The number of rotatable bonds is 7. The highest BCUT2D eigenvalue weighted by molar-refractivity contribution is 6.33. The molecular formula is C19H18ClN3O4. The number of nitrogens with one attached hydrogen (secondary N) is 1. The molecule has 0 radical (unpaired) electrons. The molecule has 0 unspecified atom stereocenters. The standard InChI is InChI=1S/C19H18ClN3O4/c1-25-13-9-12(10-14(11-13)26-2)19(24)21-8-7-17-22-18(23-27-17)15-5-3-4-6-16(15)20/h3-6,9-11H,7-8H2,1-2H3,(H,21,24). The van der Waals surface area contributed by atoms with Crippen molar-refractivity contribution in [2.45, 2.75) is 6.42 Å². The monoisotopic (exact) mass is 387 g/mol. The highest BCUT2D eigenvalue weighted by Gasteiger charge is 2.13. The zero-order valence-electron chi connectivity index (χ0n) is 14.9. The van der Waals surface area contributed by atoms with Gasteiger partial charge in [0.25, 0.3) is 5.91 Å². The van der Waals surface area contributed by atoms with E-state index in [4.69, 9.17) is 25.6 Å². The van der Waals surface area contributed by atoms with Gasteiger partial charge in [0.05, 0.1) is 19.2 Å². The van der Waals surface area contributed by atoms with E-state index < -0.39 is 0 Å². The number of benzene rings is 2. The zero-order chi connectivity index (χ0) is 19.2. The Kier molecular flexibility index (Phi) is 5.93. The van der Waals surface area contributed by atoms with Crippen molar-refractivity contribution in [3.05, 3.63) is 58.9 Å². The molecule has 0 bridgehead atoms. The summed E-state index contributed by atoms with van der Waals surface area (Å²) >= 11 is 6.13. The Labute approximate surface area is 161 Å². The minimum atomic E-state index is -0.252. The van der Waals surface area contributed by atoms with Crippen LogP contribution in [0.4, 0.5) is 0 Å². The second-order valence-electron chi connectivity index (χ2n) is 5.60. The van der Waals surface area contributed by atoms with E-state index in [1.165, 1.54) is 14.2 Å². The molecule has 1 amide bonds. The average molecular weight is 388 g/mol. The number of halogens is 1. The van der Waals surface area contributed by atoms with Gasteiger partial charge in [-0.15, -0.1) is 0 Å². The fourth-order valence-electron chi connectivity index (χ4n) is 2.43. The second kappa shape index (κ2) is 8.55. The maximum atomic E-state index is 12.3. The Morgan fingerprint density at radius 2 is 1.85 bits per heavy atom. The number of amides is 1. The molecule has 140 valence electrons. The van der Waals surface area contributed by atoms with Gasteiger partial charge in [0, 0.05) is 30.2 Å². The topological polar surface area (TPSA) is 86.5 Å². The minimum absolute atomic E-state index is 0.252. The van der Waals surface area contributed by atoms with E-state index in [9.17, 15) is 4.79 Å². The van der Waals surface area contributed by atoms with Crippen molar-refractivity contribution in [3.8, 4) is 22.9 Å². The van der Waals surface area contributed by atoms with Crippen molar-refractivity contribution in [2.24, 2.45) is 0 Å². The van der Waals surface area contributed by atoms with Crippen LogP contribution in [0.2, 0.25) is 5.02 Å². The number of carbonyl (C=O) groups is 1. The Morgan fingerprint density at radius 3 is 2.52 bits per heavy atom. The third-order valence-electron chi connectivity index (χ3n) is 3.82. The first-order chi connectivity index (χ1) is 13.1. The van der Waals surface area contributed by atoms with E-state index in [2.05, 4.69) is 15.5 Å². The first-order valence-electron chi connectivity index (χ1n) is 8.19. The number of carbonyl (C=O) groups excluding carboxylic acids is 1. The molecular weight excluding hydrogens is 370 g/mol. The first-order valence-corrected chi connectivity index (χ1v) is 8.57. The fraction of sp³-hybridized carbons (Fsp3) is 0.211. The van der Waals surface area contributed by atoms with E-state index in [0.717, 1.165) is 0 Å². The van der Waals surface area contributed by atoms with E-state index in [1.54, 1.807) is 24.3 Å². The molecule has 0 fully saturated rings. The number of hydrogen-bond donors (Lipinski definition) is 1. The van der Waals surface area contributed by atoms with Crippen LogP contribution in [0, 0.1) is 0 Å². The van der Waals surface area contributed by atoms with Crippen LogP contribution in [0.1, 0.15) is 16.2 Å². The molecule has 1 N–H and O–H groups in total. The predicted molar refractivity (Wildman–Crippen MR) is 100 cm³/mol. The molecule has 0 aliphatic heterocycles. The normalized spacial score (nSPS) is 10.5. The third-order valence-corrected chi connectivity index (χ3v) is 4.15. The third kappa shape index (κ3) is 4.57. The summed E-state index contributed by atoms with van der Waals surface area (Å²) in [5.41, 5.74) is 1.13. The Hall–Kier alpha value is -3.06. The summed E-state index contributed by atoms with van der Waals surface area (Å²) < 4.78 is 15.6. The summed E-state index contributed by atoms with van der Waals surface area (Å²) in [6, 6.07) is 12.2. The van der Waals surface area contributed by atoms with Crippen LogP contribution in [-0.4, -0.2) is 36.8 Å². The fourth-order valence-corrected chi connectivity index (χ4v) is 2.65. The molecule has 7 nitrogen and oxygen atoms in total. The molecule has 3 aromatic rings. The van der Waals surface area contributed by atoms with Crippen LogP contribution in [0.25, 0.3) is 11.4 Å². The van der Waals surface area contributed by atoms with Crippen LogP contribution >= 0.6 is 11.6 Å². The maximum Gasteiger partial charge on any atom is 0.251 e. The van der Waals surface area contributed by atoms with Crippen molar-refractivity contribution in [2.75, 3.05) is 20.8 Å². The van der Waals surface area contributed by atoms with E-state index in [-0.39, 0.29) is 5.91 Å². The predicted octanol–water partition coefficient (Wildman–Crippen LogP) is 3.38. The molecule has 0 aliphatic rings. The van der Waals surface area contributed by atoms with Gasteiger partial charge in [0.2, 0.25) is 11.7 Å². The smallest absolute Gasteiger partial charge is 0.251 e.